The molecule has 0 aliphatic carbocycles. The fraction of sp³-hybridized carbons (Fsp3) is 0.500. The summed E-state index contributed by atoms with van der Waals surface area (Å²) in [7, 11) is 1.38. The van der Waals surface area contributed by atoms with E-state index in [0.717, 1.165) is 5.01 Å². The highest BCUT2D eigenvalue weighted by atomic mass is 32.1. The Bertz CT molecular complexity index is 942. The summed E-state index contributed by atoms with van der Waals surface area (Å²) in [5.74, 6) is 0.222. The van der Waals surface area contributed by atoms with Gasteiger partial charge in [0.25, 0.3) is 5.91 Å². The first-order valence-corrected chi connectivity index (χ1v) is 10.7. The molecular formula is C20H21F3N2O6S. The number of hydrogen-bond donors (Lipinski definition) is 0. The van der Waals surface area contributed by atoms with E-state index in [1.807, 2.05) is 5.38 Å². The number of halogens is 3. The third-order valence-corrected chi connectivity index (χ3v) is 6.28. The van der Waals surface area contributed by atoms with Gasteiger partial charge in [-0.2, -0.15) is 0 Å². The Morgan fingerprint density at radius 1 is 1.34 bits per heavy atom. The summed E-state index contributed by atoms with van der Waals surface area (Å²) in [6.07, 6.45) is -2.78. The molecular weight excluding hydrogens is 453 g/mol. The summed E-state index contributed by atoms with van der Waals surface area (Å²) in [5.41, 5.74) is -0.278. The maximum Gasteiger partial charge on any atom is 0.522 e. The molecule has 174 valence electrons. The van der Waals surface area contributed by atoms with E-state index >= 15 is 0 Å². The van der Waals surface area contributed by atoms with Crippen molar-refractivity contribution in [3.05, 3.63) is 40.3 Å². The zero-order chi connectivity index (χ0) is 22.8. The molecule has 0 radical (unpaired) electrons. The topological polar surface area (TPSA) is 79.4 Å². The van der Waals surface area contributed by atoms with Gasteiger partial charge in [-0.3, -0.25) is 9.53 Å². The molecule has 12 heteroatoms. The van der Waals surface area contributed by atoms with Crippen molar-refractivity contribution in [3.63, 3.8) is 0 Å². The van der Waals surface area contributed by atoms with Crippen LogP contribution in [-0.4, -0.2) is 68.5 Å². The number of methoxy groups -OCH3 is 1. The van der Waals surface area contributed by atoms with Crippen molar-refractivity contribution in [2.45, 2.75) is 24.5 Å². The molecule has 0 bridgehead atoms. The molecule has 2 aromatic rings. The summed E-state index contributed by atoms with van der Waals surface area (Å²) in [4.78, 5) is 19.2. The van der Waals surface area contributed by atoms with Crippen molar-refractivity contribution in [1.82, 2.24) is 9.88 Å². The number of ether oxygens (including phenoxy) is 5. The summed E-state index contributed by atoms with van der Waals surface area (Å²) in [6, 6.07) is 4.52. The van der Waals surface area contributed by atoms with Gasteiger partial charge >= 0.3 is 6.36 Å². The van der Waals surface area contributed by atoms with E-state index in [0.29, 0.717) is 25.1 Å². The number of benzene rings is 1. The van der Waals surface area contributed by atoms with Gasteiger partial charge in [-0.25, -0.2) is 4.98 Å². The Morgan fingerprint density at radius 2 is 2.19 bits per heavy atom. The van der Waals surface area contributed by atoms with Crippen LogP contribution in [0.1, 0.15) is 21.8 Å². The number of alkyl halides is 3. The molecule has 4 rings (SSSR count). The monoisotopic (exact) mass is 474 g/mol. The van der Waals surface area contributed by atoms with E-state index in [4.69, 9.17) is 18.9 Å². The van der Waals surface area contributed by atoms with E-state index < -0.39 is 18.6 Å². The second-order valence-corrected chi connectivity index (χ2v) is 8.05. The highest BCUT2D eigenvalue weighted by molar-refractivity contribution is 7.09. The standard InChI is InChI=1S/C20H21F3N2O6S/c1-27-15-10-13(2-3-14(15)28-7-8-30-20(21,22)23)17(26)25-6-4-19(18-24-5-9-32-18)16(11-25)29-12-31-19/h2-3,5,9-10,16H,4,6-8,11-12H2,1H3/t16?,19-/m1/s1. The molecule has 32 heavy (non-hydrogen) atoms. The maximum absolute atomic E-state index is 13.1. The normalized spacial score (nSPS) is 23.1. The lowest BCUT2D eigenvalue weighted by Gasteiger charge is -2.40. The van der Waals surface area contributed by atoms with Gasteiger partial charge in [-0.15, -0.1) is 24.5 Å². The summed E-state index contributed by atoms with van der Waals surface area (Å²) < 4.78 is 62.1. The first kappa shape index (κ1) is 22.8. The van der Waals surface area contributed by atoms with Crippen LogP contribution in [0.25, 0.3) is 0 Å². The van der Waals surface area contributed by atoms with E-state index in [1.54, 1.807) is 17.2 Å². The molecule has 0 saturated carbocycles. The molecule has 2 aliphatic rings. The van der Waals surface area contributed by atoms with E-state index in [2.05, 4.69) is 9.72 Å². The minimum atomic E-state index is -4.72. The van der Waals surface area contributed by atoms with Crippen LogP contribution in [0, 0.1) is 0 Å². The number of likely N-dealkylation sites (tertiary alicyclic amines) is 1. The second-order valence-electron chi connectivity index (χ2n) is 7.15. The lowest BCUT2D eigenvalue weighted by atomic mass is 9.89. The summed E-state index contributed by atoms with van der Waals surface area (Å²) in [6.45, 7) is -0.0515. The number of thiazole rings is 1. The molecule has 0 spiro atoms. The van der Waals surface area contributed by atoms with Crippen LogP contribution in [0.2, 0.25) is 0 Å². The van der Waals surface area contributed by atoms with Crippen LogP contribution >= 0.6 is 11.3 Å². The zero-order valence-corrected chi connectivity index (χ0v) is 17.9. The molecule has 8 nitrogen and oxygen atoms in total. The zero-order valence-electron chi connectivity index (χ0n) is 17.1. The third kappa shape index (κ3) is 4.68. The van der Waals surface area contributed by atoms with Crippen molar-refractivity contribution >= 4 is 17.2 Å². The molecule has 1 aromatic carbocycles. The SMILES string of the molecule is COc1cc(C(=O)N2CC[C@@]3(c4nccs4)OCOC3C2)ccc1OCCOC(F)(F)F. The van der Waals surface area contributed by atoms with E-state index in [1.165, 1.54) is 30.6 Å². The average Bonchev–Trinajstić information content (AvgIpc) is 3.45. The van der Waals surface area contributed by atoms with Crippen molar-refractivity contribution < 1.29 is 41.7 Å². The number of carbonyl (C=O) groups excluding carboxylic acids is 1. The fourth-order valence-corrected chi connectivity index (χ4v) is 4.67. The Kier molecular flexibility index (Phi) is 6.56. The Morgan fingerprint density at radius 3 is 2.91 bits per heavy atom. The number of carbonyl (C=O) groups is 1. The number of nitrogens with zero attached hydrogens (tertiary/aromatic N) is 2. The van der Waals surface area contributed by atoms with Crippen molar-refractivity contribution in [2.24, 2.45) is 0 Å². The predicted molar refractivity (Wildman–Crippen MR) is 106 cm³/mol. The molecule has 3 heterocycles. The minimum absolute atomic E-state index is 0.143. The van der Waals surface area contributed by atoms with Gasteiger partial charge in [0.05, 0.1) is 20.3 Å². The number of piperidine rings is 1. The predicted octanol–water partition coefficient (Wildman–Crippen LogP) is 3.18. The first-order chi connectivity index (χ1) is 15.3. The van der Waals surface area contributed by atoms with Crippen molar-refractivity contribution in [3.8, 4) is 11.5 Å². The lowest BCUT2D eigenvalue weighted by Crippen LogP contribution is -2.53. The van der Waals surface area contributed by atoms with Crippen LogP contribution in [-0.2, 0) is 19.8 Å². The number of amides is 1. The van der Waals surface area contributed by atoms with Crippen molar-refractivity contribution in [2.75, 3.05) is 40.2 Å². The van der Waals surface area contributed by atoms with Crippen LogP contribution in [0.4, 0.5) is 13.2 Å². The largest absolute Gasteiger partial charge is 0.522 e. The molecule has 2 saturated heterocycles. The van der Waals surface area contributed by atoms with Crippen LogP contribution in [0.3, 0.4) is 0 Å². The second kappa shape index (κ2) is 9.22. The number of hydrogen-bond acceptors (Lipinski definition) is 8. The molecule has 2 aliphatic heterocycles. The average molecular weight is 474 g/mol. The number of fused-ring (bicyclic) bond motifs is 1. The Balaban J connectivity index is 1.41. The minimum Gasteiger partial charge on any atom is -0.493 e. The quantitative estimate of drug-likeness (QED) is 0.571. The van der Waals surface area contributed by atoms with Gasteiger partial charge in [0, 0.05) is 30.1 Å². The lowest BCUT2D eigenvalue weighted by molar-refractivity contribution is -0.325. The first-order valence-electron chi connectivity index (χ1n) is 9.79. The molecule has 1 aromatic heterocycles. The molecule has 0 N–H and O–H groups in total. The van der Waals surface area contributed by atoms with Gasteiger partial charge in [-0.05, 0) is 18.2 Å². The summed E-state index contributed by atoms with van der Waals surface area (Å²) in [5, 5.41) is 2.72. The maximum atomic E-state index is 13.1. The van der Waals surface area contributed by atoms with Gasteiger partial charge in [0.15, 0.2) is 17.1 Å². The number of rotatable bonds is 7. The Hall–Kier alpha value is -2.41. The fourth-order valence-electron chi connectivity index (χ4n) is 3.81. The van der Waals surface area contributed by atoms with Crippen LogP contribution < -0.4 is 9.47 Å². The Labute approximate surface area is 185 Å². The van der Waals surface area contributed by atoms with Gasteiger partial charge in [0.2, 0.25) is 0 Å². The summed E-state index contributed by atoms with van der Waals surface area (Å²) >= 11 is 1.50. The van der Waals surface area contributed by atoms with Crippen molar-refractivity contribution in [1.29, 1.82) is 0 Å². The highest BCUT2D eigenvalue weighted by Gasteiger charge is 2.52. The molecule has 2 atom stereocenters. The molecule has 2 fully saturated rings. The highest BCUT2D eigenvalue weighted by Crippen LogP contribution is 2.43. The van der Waals surface area contributed by atoms with Gasteiger partial charge in [0.1, 0.15) is 24.5 Å². The van der Waals surface area contributed by atoms with Gasteiger partial charge < -0.3 is 23.8 Å². The van der Waals surface area contributed by atoms with Crippen LogP contribution in [0.15, 0.2) is 29.8 Å². The van der Waals surface area contributed by atoms with E-state index in [-0.39, 0.29) is 36.9 Å². The molecule has 1 amide bonds. The third-order valence-electron chi connectivity index (χ3n) is 5.34. The van der Waals surface area contributed by atoms with Gasteiger partial charge in [-0.1, -0.05) is 0 Å². The smallest absolute Gasteiger partial charge is 0.493 e. The molecule has 1 unspecified atom stereocenters. The van der Waals surface area contributed by atoms with Crippen LogP contribution in [0.5, 0.6) is 11.5 Å². The van der Waals surface area contributed by atoms with E-state index in [9.17, 15) is 18.0 Å². The number of aromatic nitrogens is 1.